The number of para-hydroxylation sites is 1. The van der Waals surface area contributed by atoms with Crippen molar-refractivity contribution in [3.05, 3.63) is 65.0 Å². The maximum Gasteiger partial charge on any atom is 0.144 e. The highest BCUT2D eigenvalue weighted by Gasteiger charge is 2.40. The second-order valence-electron chi connectivity index (χ2n) is 7.63. The molecule has 0 saturated carbocycles. The molecule has 0 atom stereocenters. The monoisotopic (exact) mass is 331 g/mol. The Kier molecular flexibility index (Phi) is 3.33. The SMILES string of the molecule is Cc1cc(C)cc(N2c3ccccc3-c3nc(C)c(C)n3C2(C)C)c1. The largest absolute Gasteiger partial charge is 0.317 e. The first-order valence-electron chi connectivity index (χ1n) is 8.85. The Morgan fingerprint density at radius 2 is 1.52 bits per heavy atom. The molecule has 0 aliphatic carbocycles. The van der Waals surface area contributed by atoms with Gasteiger partial charge in [0.1, 0.15) is 11.5 Å². The third kappa shape index (κ3) is 2.22. The van der Waals surface area contributed by atoms with Crippen LogP contribution in [0, 0.1) is 27.7 Å². The molecule has 0 radical (unpaired) electrons. The highest BCUT2D eigenvalue weighted by atomic mass is 15.4. The molecule has 128 valence electrons. The van der Waals surface area contributed by atoms with Crippen molar-refractivity contribution in [2.45, 2.75) is 47.2 Å². The van der Waals surface area contributed by atoms with Gasteiger partial charge >= 0.3 is 0 Å². The van der Waals surface area contributed by atoms with Crippen LogP contribution in [0.25, 0.3) is 11.4 Å². The van der Waals surface area contributed by atoms with Crippen molar-refractivity contribution in [2.75, 3.05) is 4.90 Å². The number of imidazole rings is 1. The molecule has 1 aliphatic rings. The molecule has 2 heterocycles. The van der Waals surface area contributed by atoms with Crippen molar-refractivity contribution in [3.8, 4) is 11.4 Å². The molecule has 1 aliphatic heterocycles. The summed E-state index contributed by atoms with van der Waals surface area (Å²) in [4.78, 5) is 7.34. The minimum atomic E-state index is -0.241. The Hall–Kier alpha value is -2.55. The first-order chi connectivity index (χ1) is 11.8. The first-order valence-corrected chi connectivity index (χ1v) is 8.85. The van der Waals surface area contributed by atoms with E-state index in [9.17, 15) is 0 Å². The van der Waals surface area contributed by atoms with Crippen LogP contribution in [0.1, 0.15) is 36.4 Å². The smallest absolute Gasteiger partial charge is 0.144 e. The van der Waals surface area contributed by atoms with Crippen molar-refractivity contribution >= 4 is 11.4 Å². The van der Waals surface area contributed by atoms with Crippen LogP contribution in [-0.4, -0.2) is 9.55 Å². The zero-order valence-corrected chi connectivity index (χ0v) is 15.9. The molecule has 0 spiro atoms. The summed E-state index contributed by atoms with van der Waals surface area (Å²) in [7, 11) is 0. The van der Waals surface area contributed by atoms with Crippen molar-refractivity contribution in [3.63, 3.8) is 0 Å². The molecule has 0 amide bonds. The predicted molar refractivity (Wildman–Crippen MR) is 105 cm³/mol. The Morgan fingerprint density at radius 1 is 0.880 bits per heavy atom. The molecular weight excluding hydrogens is 306 g/mol. The summed E-state index contributed by atoms with van der Waals surface area (Å²) in [5.41, 5.74) is 8.29. The highest BCUT2D eigenvalue weighted by molar-refractivity contribution is 5.83. The van der Waals surface area contributed by atoms with Crippen LogP contribution in [0.3, 0.4) is 0 Å². The average molecular weight is 331 g/mol. The number of nitrogens with zero attached hydrogens (tertiary/aromatic N) is 3. The summed E-state index contributed by atoms with van der Waals surface area (Å²) in [6, 6.07) is 15.4. The number of fused-ring (bicyclic) bond motifs is 3. The van der Waals surface area contributed by atoms with E-state index in [1.807, 2.05) is 0 Å². The zero-order chi connectivity index (χ0) is 17.9. The van der Waals surface area contributed by atoms with Gasteiger partial charge < -0.3 is 9.47 Å². The lowest BCUT2D eigenvalue weighted by Crippen LogP contribution is -2.47. The van der Waals surface area contributed by atoms with E-state index in [4.69, 9.17) is 4.98 Å². The van der Waals surface area contributed by atoms with E-state index in [1.54, 1.807) is 0 Å². The van der Waals surface area contributed by atoms with Gasteiger partial charge in [0, 0.05) is 16.9 Å². The van der Waals surface area contributed by atoms with Crippen LogP contribution in [0.2, 0.25) is 0 Å². The van der Waals surface area contributed by atoms with Gasteiger partial charge in [0.25, 0.3) is 0 Å². The minimum absolute atomic E-state index is 0.241. The third-order valence-corrected chi connectivity index (χ3v) is 5.29. The molecule has 0 saturated heterocycles. The standard InChI is InChI=1S/C22H25N3/c1-14-11-15(2)13-18(12-14)25-20-10-8-7-9-19(20)21-23-16(3)17(4)24(21)22(25,5)6/h7-13H,1-6H3. The first kappa shape index (κ1) is 15.9. The summed E-state index contributed by atoms with van der Waals surface area (Å²) in [5.74, 6) is 1.07. The Bertz CT molecular complexity index is 959. The van der Waals surface area contributed by atoms with E-state index in [-0.39, 0.29) is 5.66 Å². The van der Waals surface area contributed by atoms with Gasteiger partial charge in [-0.15, -0.1) is 0 Å². The zero-order valence-electron chi connectivity index (χ0n) is 15.9. The maximum absolute atomic E-state index is 4.89. The summed E-state index contributed by atoms with van der Waals surface area (Å²) in [6.07, 6.45) is 0. The van der Waals surface area contributed by atoms with Gasteiger partial charge in [-0.25, -0.2) is 4.98 Å². The van der Waals surface area contributed by atoms with Gasteiger partial charge in [-0.1, -0.05) is 18.2 Å². The van der Waals surface area contributed by atoms with Crippen LogP contribution in [0.4, 0.5) is 11.4 Å². The van der Waals surface area contributed by atoms with Crippen LogP contribution < -0.4 is 4.90 Å². The van der Waals surface area contributed by atoms with E-state index in [0.29, 0.717) is 0 Å². The molecule has 4 rings (SSSR count). The Labute approximate surface area is 149 Å². The number of hydrogen-bond acceptors (Lipinski definition) is 2. The van der Waals surface area contributed by atoms with Gasteiger partial charge in [0.2, 0.25) is 0 Å². The molecule has 1 aromatic heterocycles. The molecule has 3 heteroatoms. The van der Waals surface area contributed by atoms with Crippen molar-refractivity contribution in [2.24, 2.45) is 0 Å². The number of benzene rings is 2. The number of hydrogen-bond donors (Lipinski definition) is 0. The van der Waals surface area contributed by atoms with E-state index in [0.717, 1.165) is 11.5 Å². The molecule has 0 bridgehead atoms. The van der Waals surface area contributed by atoms with Gasteiger partial charge in [-0.05, 0) is 76.9 Å². The minimum Gasteiger partial charge on any atom is -0.317 e. The molecule has 25 heavy (non-hydrogen) atoms. The summed E-state index contributed by atoms with van der Waals surface area (Å²) in [5, 5.41) is 0. The topological polar surface area (TPSA) is 21.1 Å². The molecule has 0 unspecified atom stereocenters. The molecule has 3 nitrogen and oxygen atoms in total. The van der Waals surface area contributed by atoms with E-state index in [1.165, 1.54) is 33.8 Å². The van der Waals surface area contributed by atoms with E-state index < -0.39 is 0 Å². The second-order valence-corrected chi connectivity index (χ2v) is 7.63. The normalized spacial score (nSPS) is 15.0. The van der Waals surface area contributed by atoms with Crippen LogP contribution in [0.15, 0.2) is 42.5 Å². The number of rotatable bonds is 1. The van der Waals surface area contributed by atoms with E-state index in [2.05, 4.69) is 93.5 Å². The highest BCUT2D eigenvalue weighted by Crippen LogP contribution is 2.48. The lowest BCUT2D eigenvalue weighted by atomic mass is 9.99. The molecule has 3 aromatic rings. The van der Waals surface area contributed by atoms with E-state index >= 15 is 0 Å². The summed E-state index contributed by atoms with van der Waals surface area (Å²) >= 11 is 0. The van der Waals surface area contributed by atoms with Gasteiger partial charge in [0.15, 0.2) is 0 Å². The van der Waals surface area contributed by atoms with Gasteiger partial charge in [0.05, 0.1) is 11.4 Å². The van der Waals surface area contributed by atoms with Crippen molar-refractivity contribution in [1.29, 1.82) is 0 Å². The van der Waals surface area contributed by atoms with Gasteiger partial charge in [-0.3, -0.25) is 0 Å². The summed E-state index contributed by atoms with van der Waals surface area (Å²) in [6.45, 7) is 13.1. The lowest BCUT2D eigenvalue weighted by Gasteiger charge is -2.47. The van der Waals surface area contributed by atoms with Crippen molar-refractivity contribution < 1.29 is 0 Å². The lowest BCUT2D eigenvalue weighted by molar-refractivity contribution is 0.354. The maximum atomic E-state index is 4.89. The van der Waals surface area contributed by atoms with Crippen LogP contribution in [0.5, 0.6) is 0 Å². The number of anilines is 2. The molecular formula is C22H25N3. The average Bonchev–Trinajstić information content (AvgIpc) is 2.83. The van der Waals surface area contributed by atoms with Gasteiger partial charge in [-0.2, -0.15) is 0 Å². The fourth-order valence-corrected chi connectivity index (χ4v) is 4.25. The second kappa shape index (κ2) is 5.22. The summed E-state index contributed by atoms with van der Waals surface area (Å²) < 4.78 is 2.38. The molecule has 2 aromatic carbocycles. The quantitative estimate of drug-likeness (QED) is 0.576. The van der Waals surface area contributed by atoms with Crippen LogP contribution >= 0.6 is 0 Å². The third-order valence-electron chi connectivity index (χ3n) is 5.29. The fraction of sp³-hybridized carbons (Fsp3) is 0.318. The van der Waals surface area contributed by atoms with Crippen molar-refractivity contribution in [1.82, 2.24) is 9.55 Å². The Balaban J connectivity index is 2.07. The molecule has 0 fully saturated rings. The van der Waals surface area contributed by atoms with Crippen LogP contribution in [-0.2, 0) is 5.66 Å². The Morgan fingerprint density at radius 3 is 2.20 bits per heavy atom. The molecule has 0 N–H and O–H groups in total. The predicted octanol–water partition coefficient (Wildman–Crippen LogP) is 5.63. The number of aromatic nitrogens is 2. The number of aryl methyl sites for hydroxylation is 3. The fourth-order valence-electron chi connectivity index (χ4n) is 4.25.